The van der Waals surface area contributed by atoms with Crippen LogP contribution in [0.4, 0.5) is 0 Å². The Morgan fingerprint density at radius 1 is 0.714 bits per heavy atom. The lowest BCUT2D eigenvalue weighted by Gasteiger charge is -2.39. The van der Waals surface area contributed by atoms with Crippen LogP contribution in [0.3, 0.4) is 0 Å². The van der Waals surface area contributed by atoms with E-state index in [0.29, 0.717) is 0 Å². The van der Waals surface area contributed by atoms with E-state index in [1.807, 2.05) is 0 Å². The third-order valence-corrected chi connectivity index (χ3v) is 3.61. The largest absolute Gasteiger partial charge is 0.394 e. The van der Waals surface area contributed by atoms with E-state index in [1.54, 1.807) is 0 Å². The van der Waals surface area contributed by atoms with Crippen LogP contribution in [0.1, 0.15) is 0 Å². The van der Waals surface area contributed by atoms with Gasteiger partial charge in [0.1, 0.15) is 42.7 Å². The second-order valence-electron chi connectivity index (χ2n) is 5.08. The van der Waals surface area contributed by atoms with Gasteiger partial charge in [0.2, 0.25) is 0 Å². The summed E-state index contributed by atoms with van der Waals surface area (Å²) < 4.78 is 15.1. The molecule has 0 spiro atoms. The smallest absolute Gasteiger partial charge is 0.186 e. The minimum Gasteiger partial charge on any atom is -0.394 e. The lowest BCUT2D eigenvalue weighted by molar-refractivity contribution is -0.306. The van der Waals surface area contributed by atoms with E-state index < -0.39 is 61.9 Å². The van der Waals surface area contributed by atoms with Gasteiger partial charge < -0.3 is 50.0 Å². The standard InChI is InChI=1S/C11H20O10/c12-1-3-5(13)7(15)9(17)11(21-3)19-2-4-6(14)8(16)10(18)20-4/h3-18H,1-2H2. The molecule has 0 amide bonds. The van der Waals surface area contributed by atoms with Crippen LogP contribution in [-0.4, -0.2) is 104 Å². The minimum atomic E-state index is -1.58. The van der Waals surface area contributed by atoms with E-state index in [1.165, 1.54) is 0 Å². The molecule has 2 aliphatic rings. The number of hydrogen-bond donors (Lipinski definition) is 7. The van der Waals surface area contributed by atoms with Gasteiger partial charge >= 0.3 is 0 Å². The lowest BCUT2D eigenvalue weighted by atomic mass is 9.99. The maximum Gasteiger partial charge on any atom is 0.186 e. The van der Waals surface area contributed by atoms with Crippen molar-refractivity contribution in [2.24, 2.45) is 0 Å². The van der Waals surface area contributed by atoms with Gasteiger partial charge in [-0.05, 0) is 0 Å². The lowest BCUT2D eigenvalue weighted by Crippen LogP contribution is -2.59. The highest BCUT2D eigenvalue weighted by molar-refractivity contribution is 4.90. The molecule has 0 aromatic carbocycles. The SMILES string of the molecule is OCC1OC(OCC2OC(O)C(O)C2O)C(O)C(O)C1O. The van der Waals surface area contributed by atoms with E-state index in [-0.39, 0.29) is 6.61 Å². The Kier molecular flexibility index (Phi) is 5.48. The fraction of sp³-hybridized carbons (Fsp3) is 1.00. The summed E-state index contributed by atoms with van der Waals surface area (Å²) in [6.07, 6.45) is -12.6. The Labute approximate surface area is 119 Å². The molecular formula is C11H20O10. The predicted molar refractivity (Wildman–Crippen MR) is 62.6 cm³/mol. The molecule has 10 heteroatoms. The van der Waals surface area contributed by atoms with Crippen LogP contribution >= 0.6 is 0 Å². The quantitative estimate of drug-likeness (QED) is 0.267. The van der Waals surface area contributed by atoms with Gasteiger partial charge in [0, 0.05) is 0 Å². The molecule has 9 unspecified atom stereocenters. The molecule has 0 aromatic heterocycles. The first-order valence-corrected chi connectivity index (χ1v) is 6.48. The van der Waals surface area contributed by atoms with Crippen LogP contribution in [0.15, 0.2) is 0 Å². The van der Waals surface area contributed by atoms with Crippen LogP contribution in [0.5, 0.6) is 0 Å². The Morgan fingerprint density at radius 2 is 1.33 bits per heavy atom. The predicted octanol–water partition coefficient (Wildman–Crippen LogP) is -4.76. The Balaban J connectivity index is 1.90. The third kappa shape index (κ3) is 3.35. The average molecular weight is 312 g/mol. The molecule has 0 bridgehead atoms. The second-order valence-corrected chi connectivity index (χ2v) is 5.08. The van der Waals surface area contributed by atoms with Crippen LogP contribution in [-0.2, 0) is 14.2 Å². The van der Waals surface area contributed by atoms with Gasteiger partial charge in [-0.15, -0.1) is 0 Å². The van der Waals surface area contributed by atoms with Gasteiger partial charge in [0.25, 0.3) is 0 Å². The first-order valence-electron chi connectivity index (χ1n) is 6.48. The van der Waals surface area contributed by atoms with Gasteiger partial charge in [-0.1, -0.05) is 0 Å². The van der Waals surface area contributed by atoms with Crippen molar-refractivity contribution < 1.29 is 50.0 Å². The van der Waals surface area contributed by atoms with E-state index in [9.17, 15) is 30.6 Å². The van der Waals surface area contributed by atoms with Crippen molar-refractivity contribution in [1.29, 1.82) is 0 Å². The molecule has 2 heterocycles. The summed E-state index contributed by atoms with van der Waals surface area (Å²) >= 11 is 0. The molecule has 10 nitrogen and oxygen atoms in total. The summed E-state index contributed by atoms with van der Waals surface area (Å²) in [7, 11) is 0. The van der Waals surface area contributed by atoms with Crippen molar-refractivity contribution in [3.8, 4) is 0 Å². The monoisotopic (exact) mass is 312 g/mol. The van der Waals surface area contributed by atoms with Crippen LogP contribution in [0.25, 0.3) is 0 Å². The van der Waals surface area contributed by atoms with Crippen LogP contribution < -0.4 is 0 Å². The highest BCUT2D eigenvalue weighted by Gasteiger charge is 2.46. The molecule has 9 atom stereocenters. The Morgan fingerprint density at radius 3 is 1.86 bits per heavy atom. The summed E-state index contributed by atoms with van der Waals surface area (Å²) in [5.74, 6) is 0. The van der Waals surface area contributed by atoms with Crippen molar-refractivity contribution in [3.63, 3.8) is 0 Å². The van der Waals surface area contributed by atoms with Crippen molar-refractivity contribution in [2.45, 2.75) is 55.3 Å². The molecule has 2 saturated heterocycles. The zero-order valence-electron chi connectivity index (χ0n) is 11.0. The summed E-state index contributed by atoms with van der Waals surface area (Å²) in [5, 5.41) is 66.0. The minimum absolute atomic E-state index is 0.349. The zero-order valence-corrected chi connectivity index (χ0v) is 11.0. The summed E-state index contributed by atoms with van der Waals surface area (Å²) in [6.45, 7) is -0.942. The van der Waals surface area contributed by atoms with Crippen molar-refractivity contribution in [3.05, 3.63) is 0 Å². The first kappa shape index (κ1) is 17.0. The van der Waals surface area contributed by atoms with Crippen molar-refractivity contribution >= 4 is 0 Å². The molecular weight excluding hydrogens is 292 g/mol. The maximum absolute atomic E-state index is 9.72. The number of ether oxygens (including phenoxy) is 3. The zero-order chi connectivity index (χ0) is 15.7. The number of rotatable bonds is 4. The molecule has 2 fully saturated rings. The van der Waals surface area contributed by atoms with E-state index in [0.717, 1.165) is 0 Å². The summed E-state index contributed by atoms with van der Waals surface area (Å²) in [4.78, 5) is 0. The van der Waals surface area contributed by atoms with Crippen molar-refractivity contribution in [1.82, 2.24) is 0 Å². The number of aliphatic hydroxyl groups excluding tert-OH is 7. The summed E-state index contributed by atoms with van der Waals surface area (Å²) in [5.41, 5.74) is 0. The van der Waals surface area contributed by atoms with E-state index >= 15 is 0 Å². The molecule has 124 valence electrons. The molecule has 0 aromatic rings. The summed E-state index contributed by atoms with van der Waals surface area (Å²) in [6, 6.07) is 0. The molecule has 21 heavy (non-hydrogen) atoms. The number of aliphatic hydroxyl groups is 7. The van der Waals surface area contributed by atoms with Gasteiger partial charge in [0.05, 0.1) is 13.2 Å². The topological polar surface area (TPSA) is 169 Å². The molecule has 7 N–H and O–H groups in total. The highest BCUT2D eigenvalue weighted by atomic mass is 16.7. The van der Waals surface area contributed by atoms with Gasteiger partial charge in [-0.25, -0.2) is 0 Å². The van der Waals surface area contributed by atoms with Crippen LogP contribution in [0.2, 0.25) is 0 Å². The maximum atomic E-state index is 9.72. The normalized spacial score (nSPS) is 51.3. The molecule has 2 aliphatic heterocycles. The fourth-order valence-corrected chi connectivity index (χ4v) is 2.26. The number of hydrogen-bond acceptors (Lipinski definition) is 10. The molecule has 0 aliphatic carbocycles. The Bertz CT molecular complexity index is 339. The first-order chi connectivity index (χ1) is 9.86. The highest BCUT2D eigenvalue weighted by Crippen LogP contribution is 2.24. The fourth-order valence-electron chi connectivity index (χ4n) is 2.26. The average Bonchev–Trinajstić information content (AvgIpc) is 2.71. The van der Waals surface area contributed by atoms with Gasteiger partial charge in [0.15, 0.2) is 12.6 Å². The molecule has 0 radical (unpaired) electrons. The molecule has 2 rings (SSSR count). The van der Waals surface area contributed by atoms with E-state index in [2.05, 4.69) is 0 Å². The Hall–Kier alpha value is -0.400. The van der Waals surface area contributed by atoms with Crippen LogP contribution in [0, 0.1) is 0 Å². The molecule has 0 saturated carbocycles. The van der Waals surface area contributed by atoms with Gasteiger partial charge in [-0.2, -0.15) is 0 Å². The van der Waals surface area contributed by atoms with Gasteiger partial charge in [-0.3, -0.25) is 0 Å². The third-order valence-electron chi connectivity index (χ3n) is 3.61. The second kappa shape index (κ2) is 6.79. The van der Waals surface area contributed by atoms with Crippen molar-refractivity contribution in [2.75, 3.05) is 13.2 Å². The van der Waals surface area contributed by atoms with E-state index in [4.69, 9.17) is 19.3 Å².